The molecule has 1 unspecified atom stereocenters. The van der Waals surface area contributed by atoms with Gasteiger partial charge in [0.2, 0.25) is 0 Å². The summed E-state index contributed by atoms with van der Waals surface area (Å²) in [4.78, 5) is 29.7. The first-order valence-corrected chi connectivity index (χ1v) is 22.9. The number of hydrogen-bond donors (Lipinski definition) is 2. The van der Waals surface area contributed by atoms with Crippen molar-refractivity contribution >= 4 is 41.7 Å². The van der Waals surface area contributed by atoms with E-state index in [1.807, 2.05) is 4.90 Å². The number of halogens is 3. The minimum absolute atomic E-state index is 0.0439. The molecule has 11 nitrogen and oxygen atoms in total. The number of nitrogens with one attached hydrogen (secondary N) is 1. The summed E-state index contributed by atoms with van der Waals surface area (Å²) in [6.45, 7) is 15.3. The fraction of sp³-hybridized carbons (Fsp3) is 0.545. The number of piperidine rings is 1. The van der Waals surface area contributed by atoms with E-state index in [2.05, 4.69) is 68.2 Å². The molecule has 0 radical (unpaired) electrons. The van der Waals surface area contributed by atoms with Gasteiger partial charge in [0.1, 0.15) is 49.4 Å². The molecule has 3 aliphatic heterocycles. The molecule has 2 N–H and O–H groups in total. The third-order valence-corrected chi connectivity index (χ3v) is 19.9. The summed E-state index contributed by atoms with van der Waals surface area (Å²) in [6, 6.07) is 6.18. The number of alkyl halides is 1. The average Bonchev–Trinajstić information content (AvgIpc) is 3.50. The first-order chi connectivity index (χ1) is 28.2. The van der Waals surface area contributed by atoms with Crippen LogP contribution < -0.4 is 19.7 Å². The molecule has 4 aromatic rings. The number of hydrogen-bond acceptors (Lipinski definition) is 9. The summed E-state index contributed by atoms with van der Waals surface area (Å²) in [7, 11) is -0.815. The van der Waals surface area contributed by atoms with Gasteiger partial charge >= 0.3 is 12.1 Å². The van der Waals surface area contributed by atoms with E-state index < -0.39 is 37.5 Å². The van der Waals surface area contributed by atoms with E-state index in [9.17, 15) is 14.3 Å². The van der Waals surface area contributed by atoms with E-state index in [1.165, 1.54) is 19.4 Å². The van der Waals surface area contributed by atoms with Gasteiger partial charge in [0.25, 0.3) is 0 Å². The molecule has 2 aromatic carbocycles. The van der Waals surface area contributed by atoms with Crippen molar-refractivity contribution in [2.45, 2.75) is 95.2 Å². The molecule has 5 atom stereocenters. The Bertz CT molecular complexity index is 2320. The number of amides is 1. The van der Waals surface area contributed by atoms with Gasteiger partial charge in [0.15, 0.2) is 12.6 Å². The number of aromatic nitrogens is 3. The monoisotopic (exact) mass is 830 g/mol. The van der Waals surface area contributed by atoms with Crippen molar-refractivity contribution in [3.63, 3.8) is 0 Å². The maximum absolute atomic E-state index is 17.6. The van der Waals surface area contributed by atoms with Crippen LogP contribution in [0.25, 0.3) is 32.9 Å². The van der Waals surface area contributed by atoms with Gasteiger partial charge < -0.3 is 29.5 Å². The summed E-state index contributed by atoms with van der Waals surface area (Å²) >= 11 is 0. The smallest absolute Gasteiger partial charge is 0.404 e. The highest BCUT2D eigenvalue weighted by Crippen LogP contribution is 2.49. The van der Waals surface area contributed by atoms with Gasteiger partial charge in [0, 0.05) is 68.2 Å². The highest BCUT2D eigenvalue weighted by atomic mass is 28.3. The molecule has 5 heterocycles. The SMILES string of the molecule is COCOc1cc(-c2ncc3c(N4C[C@@H]5C(NC(=O)O)[C@@H]5C4)nc(OC[C@@]45CCCN4C[C@H](F)C5)nc3c2F)c2c(C#C[Si](C(C)C)(C(C)C)C(C)C)c(F)ccc2c1. The Kier molecular flexibility index (Phi) is 11.0. The lowest BCUT2D eigenvalue weighted by molar-refractivity contribution is 0.0512. The quantitative estimate of drug-likeness (QED) is 0.0819. The lowest BCUT2D eigenvalue weighted by atomic mass is 9.95. The molecule has 4 fully saturated rings. The minimum atomic E-state index is -2.31. The molecule has 0 spiro atoms. The standard InChI is InChI=1S/C44H53F3N6O5Si/c1-24(2)59(25(3)4,26(5)6)14-11-30-35(46)10-9-27-15-29(58-23-56-7)16-31(36(27)30)39-37(47)40-32(18-48-39)41(52-20-33-34(21-52)38(33)50-43(54)55)51-42(49-40)57-22-44-12-8-13-53(44)19-28(45)17-44/h9-10,15-16,18,24-26,28,33-34,38,50H,8,12-13,17,19-23H2,1-7H3,(H,54,55)/t28-,33-,34+,38?,44+/m1/s1. The van der Waals surface area contributed by atoms with E-state index in [4.69, 9.17) is 24.2 Å². The van der Waals surface area contributed by atoms with Crippen LogP contribution in [-0.2, 0) is 4.74 Å². The molecule has 1 saturated carbocycles. The number of carboxylic acid groups (broad SMARTS) is 1. The summed E-state index contributed by atoms with van der Waals surface area (Å²) in [5, 5.41) is 13.3. The molecule has 314 valence electrons. The third-order valence-electron chi connectivity index (χ3n) is 13.6. The molecule has 2 aromatic heterocycles. The van der Waals surface area contributed by atoms with Crippen LogP contribution in [0.15, 0.2) is 30.5 Å². The topological polar surface area (TPSA) is 122 Å². The number of pyridine rings is 1. The van der Waals surface area contributed by atoms with Gasteiger partial charge in [-0.2, -0.15) is 9.97 Å². The molecular formula is C44H53F3N6O5Si. The predicted molar refractivity (Wildman–Crippen MR) is 223 cm³/mol. The molecule has 15 heteroatoms. The number of rotatable bonds is 12. The van der Waals surface area contributed by atoms with Crippen molar-refractivity contribution in [3.8, 4) is 34.5 Å². The number of anilines is 1. The van der Waals surface area contributed by atoms with Crippen molar-refractivity contribution in [1.82, 2.24) is 25.2 Å². The highest BCUT2D eigenvalue weighted by Gasteiger charge is 2.57. The first-order valence-electron chi connectivity index (χ1n) is 20.7. The number of carbonyl (C=O) groups is 1. The van der Waals surface area contributed by atoms with Crippen molar-refractivity contribution in [2.24, 2.45) is 11.8 Å². The molecular weight excluding hydrogens is 778 g/mol. The molecule has 1 aliphatic carbocycles. The maximum Gasteiger partial charge on any atom is 0.404 e. The normalized spacial score (nSPS) is 23.9. The molecule has 3 saturated heterocycles. The van der Waals surface area contributed by atoms with Gasteiger partial charge in [-0.1, -0.05) is 53.5 Å². The van der Waals surface area contributed by atoms with E-state index in [0.717, 1.165) is 19.4 Å². The molecule has 4 aliphatic rings. The second-order valence-corrected chi connectivity index (χ2v) is 23.4. The second kappa shape index (κ2) is 15.7. The number of nitrogens with zero attached hydrogens (tertiary/aromatic N) is 5. The number of fused-ring (bicyclic) bond motifs is 4. The number of ether oxygens (including phenoxy) is 3. The number of methoxy groups -OCH3 is 1. The maximum atomic E-state index is 17.6. The zero-order valence-corrected chi connectivity index (χ0v) is 35.7. The Hall–Kier alpha value is -4.65. The van der Waals surface area contributed by atoms with Crippen molar-refractivity contribution in [1.29, 1.82) is 0 Å². The Balaban J connectivity index is 1.28. The molecule has 8 rings (SSSR count). The Morgan fingerprint density at radius 2 is 1.78 bits per heavy atom. The van der Waals surface area contributed by atoms with Gasteiger partial charge in [-0.25, -0.2) is 18.0 Å². The Morgan fingerprint density at radius 3 is 2.46 bits per heavy atom. The van der Waals surface area contributed by atoms with E-state index in [1.54, 1.807) is 18.2 Å². The van der Waals surface area contributed by atoms with Crippen LogP contribution in [0.1, 0.15) is 66.4 Å². The summed E-state index contributed by atoms with van der Waals surface area (Å²) in [6.07, 6.45) is 1.54. The van der Waals surface area contributed by atoms with Gasteiger partial charge in [-0.05, 0) is 59.6 Å². The van der Waals surface area contributed by atoms with Crippen molar-refractivity contribution in [3.05, 3.63) is 47.7 Å². The van der Waals surface area contributed by atoms with Crippen LogP contribution in [0.5, 0.6) is 11.8 Å². The van der Waals surface area contributed by atoms with Crippen LogP contribution in [0, 0.1) is 34.9 Å². The van der Waals surface area contributed by atoms with Gasteiger partial charge in [0.05, 0.1) is 16.5 Å². The van der Waals surface area contributed by atoms with E-state index in [0.29, 0.717) is 70.4 Å². The zero-order valence-electron chi connectivity index (χ0n) is 34.7. The van der Waals surface area contributed by atoms with Crippen molar-refractivity contribution in [2.75, 3.05) is 51.6 Å². The van der Waals surface area contributed by atoms with Gasteiger partial charge in [-0.15, -0.1) is 5.54 Å². The highest BCUT2D eigenvalue weighted by molar-refractivity contribution is 6.90. The number of benzene rings is 2. The molecule has 0 bridgehead atoms. The fourth-order valence-electron chi connectivity index (χ4n) is 10.8. The van der Waals surface area contributed by atoms with Crippen LogP contribution >= 0.6 is 0 Å². The fourth-order valence-corrected chi connectivity index (χ4v) is 16.0. The Morgan fingerprint density at radius 1 is 1.05 bits per heavy atom. The van der Waals surface area contributed by atoms with Crippen molar-refractivity contribution < 1.29 is 37.3 Å². The van der Waals surface area contributed by atoms with Crippen LogP contribution in [0.4, 0.5) is 23.8 Å². The average molecular weight is 831 g/mol. The zero-order chi connectivity index (χ0) is 42.0. The van der Waals surface area contributed by atoms with Gasteiger partial charge in [-0.3, -0.25) is 9.88 Å². The molecule has 1 amide bonds. The first kappa shape index (κ1) is 41.1. The Labute approximate surface area is 344 Å². The van der Waals surface area contributed by atoms with E-state index in [-0.39, 0.29) is 59.6 Å². The predicted octanol–water partition coefficient (Wildman–Crippen LogP) is 8.33. The molecule has 59 heavy (non-hydrogen) atoms. The lowest BCUT2D eigenvalue weighted by Gasteiger charge is -2.38. The van der Waals surface area contributed by atoms with Crippen LogP contribution in [0.3, 0.4) is 0 Å². The van der Waals surface area contributed by atoms with E-state index >= 15 is 8.78 Å². The minimum Gasteiger partial charge on any atom is -0.468 e. The summed E-state index contributed by atoms with van der Waals surface area (Å²) < 4.78 is 65.9. The summed E-state index contributed by atoms with van der Waals surface area (Å²) in [5.74, 6) is 2.95. The summed E-state index contributed by atoms with van der Waals surface area (Å²) in [5.41, 5.74) is 4.37. The second-order valence-electron chi connectivity index (χ2n) is 17.8. The van der Waals surface area contributed by atoms with Crippen LogP contribution in [0.2, 0.25) is 16.6 Å². The van der Waals surface area contributed by atoms with Crippen LogP contribution in [-0.4, -0.2) is 104 Å². The largest absolute Gasteiger partial charge is 0.468 e. The third kappa shape index (κ3) is 7.24. The lowest BCUT2D eigenvalue weighted by Crippen LogP contribution is -2.43.